The summed E-state index contributed by atoms with van der Waals surface area (Å²) in [6, 6.07) is 5.04. The molecule has 1 aliphatic carbocycles. The highest BCUT2D eigenvalue weighted by atomic mass is 35.5. The van der Waals surface area contributed by atoms with Crippen molar-refractivity contribution in [3.05, 3.63) is 34.6 Å². The average molecular weight is 269 g/mol. The molecule has 2 aliphatic rings. The number of halogens is 2. The average Bonchev–Trinajstić information content (AvgIpc) is 3.20. The molecule has 1 aliphatic heterocycles. The Labute approximate surface area is 112 Å². The van der Waals surface area contributed by atoms with Gasteiger partial charge in [0.1, 0.15) is 5.82 Å². The molecular weight excluding hydrogens is 251 g/mol. The van der Waals surface area contributed by atoms with E-state index in [1.54, 1.807) is 12.1 Å². The summed E-state index contributed by atoms with van der Waals surface area (Å²) >= 11 is 6.27. The number of nitrogens with one attached hydrogen (secondary N) is 1. The van der Waals surface area contributed by atoms with Crippen LogP contribution in [0.3, 0.4) is 0 Å². The summed E-state index contributed by atoms with van der Waals surface area (Å²) in [5, 5.41) is 4.06. The Balaban J connectivity index is 1.90. The Bertz CT molecular complexity index is 428. The fourth-order valence-electron chi connectivity index (χ4n) is 2.86. The maximum atomic E-state index is 13.5. The van der Waals surface area contributed by atoms with Gasteiger partial charge in [0.15, 0.2) is 0 Å². The Morgan fingerprint density at radius 3 is 2.67 bits per heavy atom. The number of hydrogen-bond donors (Lipinski definition) is 1. The molecule has 18 heavy (non-hydrogen) atoms. The van der Waals surface area contributed by atoms with Crippen molar-refractivity contribution in [1.82, 2.24) is 10.2 Å². The molecule has 1 heterocycles. The molecule has 3 rings (SSSR count). The van der Waals surface area contributed by atoms with Crippen molar-refractivity contribution in [1.29, 1.82) is 0 Å². The fraction of sp³-hybridized carbons (Fsp3) is 0.571. The van der Waals surface area contributed by atoms with Gasteiger partial charge in [-0.05, 0) is 42.5 Å². The van der Waals surface area contributed by atoms with Gasteiger partial charge in [-0.15, -0.1) is 0 Å². The minimum Gasteiger partial charge on any atom is -0.314 e. The lowest BCUT2D eigenvalue weighted by Gasteiger charge is -2.35. The first-order valence-corrected chi connectivity index (χ1v) is 7.03. The first-order chi connectivity index (χ1) is 8.75. The molecule has 0 bridgehead atoms. The van der Waals surface area contributed by atoms with E-state index in [1.807, 2.05) is 0 Å². The summed E-state index contributed by atoms with van der Waals surface area (Å²) in [7, 11) is 0. The lowest BCUT2D eigenvalue weighted by atomic mass is 9.99. The largest absolute Gasteiger partial charge is 0.314 e. The van der Waals surface area contributed by atoms with Crippen molar-refractivity contribution >= 4 is 11.6 Å². The van der Waals surface area contributed by atoms with Gasteiger partial charge in [-0.3, -0.25) is 4.90 Å². The topological polar surface area (TPSA) is 15.3 Å². The molecule has 0 aromatic heterocycles. The zero-order valence-corrected chi connectivity index (χ0v) is 11.1. The lowest BCUT2D eigenvalue weighted by Crippen LogP contribution is -2.45. The second kappa shape index (κ2) is 5.16. The summed E-state index contributed by atoms with van der Waals surface area (Å²) in [6.07, 6.45) is 2.48. The molecule has 0 amide bonds. The van der Waals surface area contributed by atoms with E-state index >= 15 is 0 Å². The van der Waals surface area contributed by atoms with Crippen molar-refractivity contribution < 1.29 is 4.39 Å². The van der Waals surface area contributed by atoms with Gasteiger partial charge < -0.3 is 5.32 Å². The summed E-state index contributed by atoms with van der Waals surface area (Å²) in [5.74, 6) is 0.470. The molecule has 0 radical (unpaired) electrons. The third kappa shape index (κ3) is 2.53. The number of hydrogen-bond acceptors (Lipinski definition) is 2. The van der Waals surface area contributed by atoms with E-state index in [2.05, 4.69) is 10.2 Å². The lowest BCUT2D eigenvalue weighted by molar-refractivity contribution is 0.156. The van der Waals surface area contributed by atoms with Crippen molar-refractivity contribution in [3.63, 3.8) is 0 Å². The summed E-state index contributed by atoms with van der Waals surface area (Å²) in [4.78, 5) is 2.45. The highest BCUT2D eigenvalue weighted by Gasteiger charge is 2.37. The maximum Gasteiger partial charge on any atom is 0.123 e. The molecule has 0 spiro atoms. The van der Waals surface area contributed by atoms with Crippen LogP contribution in [0.1, 0.15) is 24.4 Å². The fourth-order valence-corrected chi connectivity index (χ4v) is 3.09. The molecule has 1 N–H and O–H groups in total. The summed E-state index contributed by atoms with van der Waals surface area (Å²) in [6.45, 7) is 4.06. The van der Waals surface area contributed by atoms with E-state index in [0.29, 0.717) is 17.0 Å². The number of nitrogens with zero attached hydrogens (tertiary/aromatic N) is 1. The molecule has 1 aromatic rings. The minimum atomic E-state index is -0.185. The van der Waals surface area contributed by atoms with Crippen LogP contribution < -0.4 is 5.32 Å². The van der Waals surface area contributed by atoms with Gasteiger partial charge >= 0.3 is 0 Å². The van der Waals surface area contributed by atoms with Crippen molar-refractivity contribution in [2.45, 2.75) is 18.9 Å². The highest BCUT2D eigenvalue weighted by molar-refractivity contribution is 6.31. The molecule has 1 saturated heterocycles. The van der Waals surface area contributed by atoms with Crippen LogP contribution in [0.5, 0.6) is 0 Å². The second-order valence-corrected chi connectivity index (χ2v) is 5.64. The van der Waals surface area contributed by atoms with E-state index in [1.165, 1.54) is 18.9 Å². The smallest absolute Gasteiger partial charge is 0.123 e. The number of piperazine rings is 1. The number of benzene rings is 1. The molecule has 2 nitrogen and oxygen atoms in total. The zero-order chi connectivity index (χ0) is 12.5. The summed E-state index contributed by atoms with van der Waals surface area (Å²) < 4.78 is 13.5. The quantitative estimate of drug-likeness (QED) is 0.907. The molecule has 1 aromatic carbocycles. The van der Waals surface area contributed by atoms with Crippen LogP contribution in [0.4, 0.5) is 4.39 Å². The zero-order valence-electron chi connectivity index (χ0n) is 10.3. The predicted molar refractivity (Wildman–Crippen MR) is 71.3 cm³/mol. The maximum absolute atomic E-state index is 13.5. The normalized spacial score (nSPS) is 23.0. The van der Waals surface area contributed by atoms with Crippen LogP contribution in [-0.2, 0) is 0 Å². The summed E-state index contributed by atoms with van der Waals surface area (Å²) in [5.41, 5.74) is 0.973. The Hall–Kier alpha value is -0.640. The Kier molecular flexibility index (Phi) is 3.55. The molecule has 98 valence electrons. The van der Waals surface area contributed by atoms with Gasteiger partial charge in [0.05, 0.1) is 0 Å². The molecule has 0 unspecified atom stereocenters. The van der Waals surface area contributed by atoms with E-state index < -0.39 is 0 Å². The molecule has 1 saturated carbocycles. The van der Waals surface area contributed by atoms with Crippen molar-refractivity contribution in [2.75, 3.05) is 26.2 Å². The third-order valence-corrected chi connectivity index (χ3v) is 4.23. The first kappa shape index (κ1) is 12.4. The van der Waals surface area contributed by atoms with Gasteiger partial charge in [0.25, 0.3) is 0 Å². The third-order valence-electron chi connectivity index (χ3n) is 3.89. The van der Waals surface area contributed by atoms with Crippen LogP contribution in [0.2, 0.25) is 5.02 Å². The molecular formula is C14H18ClFN2. The minimum absolute atomic E-state index is 0.185. The second-order valence-electron chi connectivity index (χ2n) is 5.23. The van der Waals surface area contributed by atoms with Crippen molar-refractivity contribution in [2.24, 2.45) is 5.92 Å². The van der Waals surface area contributed by atoms with Crippen LogP contribution in [-0.4, -0.2) is 31.1 Å². The molecule has 2 fully saturated rings. The van der Waals surface area contributed by atoms with Crippen LogP contribution in [0, 0.1) is 11.7 Å². The Morgan fingerprint density at radius 1 is 1.28 bits per heavy atom. The van der Waals surface area contributed by atoms with Gasteiger partial charge in [0.2, 0.25) is 0 Å². The van der Waals surface area contributed by atoms with Crippen LogP contribution in [0.25, 0.3) is 0 Å². The Morgan fingerprint density at radius 2 is 2.00 bits per heavy atom. The van der Waals surface area contributed by atoms with E-state index in [4.69, 9.17) is 11.6 Å². The highest BCUT2D eigenvalue weighted by Crippen LogP contribution is 2.46. The van der Waals surface area contributed by atoms with Crippen LogP contribution in [0.15, 0.2) is 18.2 Å². The van der Waals surface area contributed by atoms with Gasteiger partial charge in [-0.25, -0.2) is 4.39 Å². The number of rotatable bonds is 3. The molecule has 4 heteroatoms. The van der Waals surface area contributed by atoms with E-state index in [0.717, 1.165) is 31.7 Å². The van der Waals surface area contributed by atoms with E-state index in [9.17, 15) is 4.39 Å². The monoisotopic (exact) mass is 268 g/mol. The van der Waals surface area contributed by atoms with Gasteiger partial charge in [-0.2, -0.15) is 0 Å². The van der Waals surface area contributed by atoms with Gasteiger partial charge in [0, 0.05) is 37.2 Å². The van der Waals surface area contributed by atoms with Crippen molar-refractivity contribution in [3.8, 4) is 0 Å². The predicted octanol–water partition coefficient (Wildman–Crippen LogP) is 2.84. The van der Waals surface area contributed by atoms with Gasteiger partial charge in [-0.1, -0.05) is 11.6 Å². The first-order valence-electron chi connectivity index (χ1n) is 6.65. The van der Waals surface area contributed by atoms with E-state index in [-0.39, 0.29) is 5.82 Å². The van der Waals surface area contributed by atoms with Crippen LogP contribution >= 0.6 is 11.6 Å². The molecule has 1 atom stereocenters. The SMILES string of the molecule is Fc1ccc(Cl)c([C@H](C2CC2)N2CCNCC2)c1. The standard InChI is InChI=1S/C14H18ClFN2/c15-13-4-3-11(16)9-12(13)14(10-1-2-10)18-7-5-17-6-8-18/h3-4,9-10,14,17H,1-2,5-8H2/t14-/m0/s1.